The Morgan fingerprint density at radius 2 is 1.58 bits per heavy atom. The lowest BCUT2D eigenvalue weighted by Gasteiger charge is -2.40. The molecule has 1 aliphatic carbocycles. The van der Waals surface area contributed by atoms with E-state index in [4.69, 9.17) is 18.9 Å². The van der Waals surface area contributed by atoms with Crippen LogP contribution in [0.1, 0.15) is 37.4 Å². The van der Waals surface area contributed by atoms with Crippen molar-refractivity contribution in [1.29, 1.82) is 0 Å². The molecule has 1 unspecified atom stereocenters. The van der Waals surface area contributed by atoms with Gasteiger partial charge >= 0.3 is 0 Å². The Balaban J connectivity index is 1.47. The highest BCUT2D eigenvalue weighted by atomic mass is 16.7. The van der Waals surface area contributed by atoms with Gasteiger partial charge in [0.15, 0.2) is 23.0 Å². The number of nitrogens with zero attached hydrogens (tertiary/aromatic N) is 1. The van der Waals surface area contributed by atoms with Crippen molar-refractivity contribution in [3.8, 4) is 34.1 Å². The maximum atomic E-state index is 5.98. The molecule has 7 rings (SSSR count). The van der Waals surface area contributed by atoms with Gasteiger partial charge in [-0.1, -0.05) is 25.0 Å². The molecule has 1 atom stereocenters. The third kappa shape index (κ3) is 2.48. The second-order valence-electron chi connectivity index (χ2n) is 8.81. The van der Waals surface area contributed by atoms with Crippen molar-refractivity contribution in [2.45, 2.75) is 37.9 Å². The van der Waals surface area contributed by atoms with Crippen LogP contribution < -0.4 is 29.2 Å². The van der Waals surface area contributed by atoms with Crippen LogP contribution in [-0.2, 0) is 0 Å². The maximum Gasteiger partial charge on any atom is 0.231 e. The predicted octanol–water partition coefficient (Wildman–Crippen LogP) is 4.94. The van der Waals surface area contributed by atoms with Crippen molar-refractivity contribution in [3.05, 3.63) is 42.0 Å². The fourth-order valence-corrected chi connectivity index (χ4v) is 5.63. The summed E-state index contributed by atoms with van der Waals surface area (Å²) in [6.45, 7) is 0.557. The van der Waals surface area contributed by atoms with Crippen molar-refractivity contribution in [2.24, 2.45) is 0 Å². The molecule has 0 amide bonds. The van der Waals surface area contributed by atoms with Gasteiger partial charge in [0, 0.05) is 29.6 Å². The number of rotatable bonds is 2. The van der Waals surface area contributed by atoms with Gasteiger partial charge in [-0.25, -0.2) is 0 Å². The number of hydrogen-bond acceptors (Lipinski definition) is 6. The smallest absolute Gasteiger partial charge is 0.231 e. The molecule has 0 aromatic heterocycles. The van der Waals surface area contributed by atoms with Crippen molar-refractivity contribution in [1.82, 2.24) is 5.32 Å². The van der Waals surface area contributed by atoms with E-state index in [0.717, 1.165) is 28.4 Å². The highest BCUT2D eigenvalue weighted by Gasteiger charge is 2.37. The number of benzene rings is 3. The third-order valence-corrected chi connectivity index (χ3v) is 7.11. The molecule has 0 radical (unpaired) electrons. The predicted molar refractivity (Wildman–Crippen MR) is 118 cm³/mol. The third-order valence-electron chi connectivity index (χ3n) is 7.11. The fourth-order valence-electron chi connectivity index (χ4n) is 5.63. The first-order valence-electron chi connectivity index (χ1n) is 11.1. The summed E-state index contributed by atoms with van der Waals surface area (Å²) >= 11 is 0. The van der Waals surface area contributed by atoms with Crippen LogP contribution >= 0.6 is 0 Å². The van der Waals surface area contributed by atoms with E-state index in [0.29, 0.717) is 6.04 Å². The van der Waals surface area contributed by atoms with Crippen LogP contribution in [0.2, 0.25) is 0 Å². The fraction of sp³-hybridized carbons (Fsp3) is 0.360. The largest absolute Gasteiger partial charge is 0.454 e. The van der Waals surface area contributed by atoms with Crippen molar-refractivity contribution >= 4 is 16.5 Å². The molecule has 3 aromatic rings. The van der Waals surface area contributed by atoms with E-state index < -0.39 is 0 Å². The molecule has 3 aliphatic heterocycles. The number of anilines is 1. The first-order chi connectivity index (χ1) is 15.3. The lowest BCUT2D eigenvalue weighted by molar-refractivity contribution is 0.172. The maximum absolute atomic E-state index is 5.98. The summed E-state index contributed by atoms with van der Waals surface area (Å²) in [5.74, 6) is 3.33. The van der Waals surface area contributed by atoms with E-state index in [-0.39, 0.29) is 19.8 Å². The van der Waals surface area contributed by atoms with Gasteiger partial charge in [-0.05, 0) is 48.1 Å². The van der Waals surface area contributed by atoms with Gasteiger partial charge in [0.1, 0.15) is 6.17 Å². The number of nitrogens with one attached hydrogen (secondary N) is 1. The van der Waals surface area contributed by atoms with Crippen molar-refractivity contribution in [3.63, 3.8) is 0 Å². The Kier molecular flexibility index (Phi) is 3.64. The SMILES string of the molecule is CN1c2c(ccc3cc4c(cc23)OCO4)-c2ccc3c(c2C1NC1CCCC1)OCO3. The van der Waals surface area contributed by atoms with Crippen LogP contribution in [0.5, 0.6) is 23.0 Å². The molecule has 1 N–H and O–H groups in total. The lowest BCUT2D eigenvalue weighted by Crippen LogP contribution is -2.43. The van der Waals surface area contributed by atoms with Crippen molar-refractivity contribution < 1.29 is 18.9 Å². The van der Waals surface area contributed by atoms with Crippen LogP contribution in [0.25, 0.3) is 21.9 Å². The molecule has 0 spiro atoms. The molecular formula is C25H24N2O4. The van der Waals surface area contributed by atoms with Crippen LogP contribution in [-0.4, -0.2) is 26.7 Å². The minimum Gasteiger partial charge on any atom is -0.454 e. The number of ether oxygens (including phenoxy) is 4. The molecule has 1 fully saturated rings. The van der Waals surface area contributed by atoms with Gasteiger partial charge in [0.05, 0.1) is 5.69 Å². The van der Waals surface area contributed by atoms with Gasteiger partial charge in [-0.2, -0.15) is 0 Å². The minimum atomic E-state index is 0.0123. The molecule has 158 valence electrons. The van der Waals surface area contributed by atoms with E-state index >= 15 is 0 Å². The highest BCUT2D eigenvalue weighted by Crippen LogP contribution is 2.54. The Morgan fingerprint density at radius 3 is 2.45 bits per heavy atom. The lowest BCUT2D eigenvalue weighted by atomic mass is 9.87. The zero-order valence-electron chi connectivity index (χ0n) is 17.4. The van der Waals surface area contributed by atoms with E-state index in [1.807, 2.05) is 6.07 Å². The molecule has 6 nitrogen and oxygen atoms in total. The van der Waals surface area contributed by atoms with E-state index in [1.54, 1.807) is 0 Å². The summed E-state index contributed by atoms with van der Waals surface area (Å²) in [7, 11) is 2.17. The number of hydrogen-bond donors (Lipinski definition) is 1. The first-order valence-corrected chi connectivity index (χ1v) is 11.1. The van der Waals surface area contributed by atoms with E-state index in [9.17, 15) is 0 Å². The van der Waals surface area contributed by atoms with Gasteiger partial charge in [-0.3, -0.25) is 5.32 Å². The van der Waals surface area contributed by atoms with E-state index in [2.05, 4.69) is 47.6 Å². The molecule has 3 heterocycles. The van der Waals surface area contributed by atoms with Gasteiger partial charge in [-0.15, -0.1) is 0 Å². The molecule has 0 bridgehead atoms. The minimum absolute atomic E-state index is 0.0123. The molecule has 1 saturated carbocycles. The summed E-state index contributed by atoms with van der Waals surface area (Å²) in [6.07, 6.45) is 5.02. The molecule has 31 heavy (non-hydrogen) atoms. The zero-order valence-corrected chi connectivity index (χ0v) is 17.4. The average molecular weight is 416 g/mol. The Labute approximate surface area is 180 Å². The van der Waals surface area contributed by atoms with Gasteiger partial charge in [0.25, 0.3) is 0 Å². The quantitative estimate of drug-likeness (QED) is 0.638. The van der Waals surface area contributed by atoms with Crippen molar-refractivity contribution in [2.75, 3.05) is 25.5 Å². The summed E-state index contributed by atoms with van der Waals surface area (Å²) in [6, 6.07) is 13.3. The second-order valence-corrected chi connectivity index (χ2v) is 8.81. The molecule has 4 aliphatic rings. The van der Waals surface area contributed by atoms with Crippen LogP contribution in [0, 0.1) is 0 Å². The summed E-state index contributed by atoms with van der Waals surface area (Å²) in [4.78, 5) is 2.36. The van der Waals surface area contributed by atoms with Crippen LogP contribution in [0.3, 0.4) is 0 Å². The van der Waals surface area contributed by atoms with E-state index in [1.165, 1.54) is 53.4 Å². The molecular weight excluding hydrogens is 392 g/mol. The zero-order chi connectivity index (χ0) is 20.5. The molecule has 3 aromatic carbocycles. The number of fused-ring (bicyclic) bond motifs is 8. The Bertz CT molecular complexity index is 1220. The molecule has 0 saturated heterocycles. The van der Waals surface area contributed by atoms with Gasteiger partial charge in [0.2, 0.25) is 13.6 Å². The molecule has 6 heteroatoms. The van der Waals surface area contributed by atoms with Crippen LogP contribution in [0.4, 0.5) is 5.69 Å². The standard InChI is InChI=1S/C25H24N2O4/c1-27-23-17(7-6-14-10-20-21(11-18(14)23)30-12-29-20)16-8-9-19-24(31-13-28-19)22(16)25(27)26-15-4-2-3-5-15/h6-11,15,25-26H,2-5,12-13H2,1H3. The monoisotopic (exact) mass is 416 g/mol. The second kappa shape index (κ2) is 6.44. The van der Waals surface area contributed by atoms with Gasteiger partial charge < -0.3 is 23.8 Å². The summed E-state index contributed by atoms with van der Waals surface area (Å²) in [5, 5.41) is 6.27. The summed E-state index contributed by atoms with van der Waals surface area (Å²) in [5.41, 5.74) is 4.79. The summed E-state index contributed by atoms with van der Waals surface area (Å²) < 4.78 is 23.0. The van der Waals surface area contributed by atoms with Crippen LogP contribution in [0.15, 0.2) is 36.4 Å². The topological polar surface area (TPSA) is 52.2 Å². The Morgan fingerprint density at radius 1 is 0.839 bits per heavy atom. The highest BCUT2D eigenvalue weighted by molar-refractivity contribution is 6.05. The average Bonchev–Trinajstić information content (AvgIpc) is 3.55. The Hall–Kier alpha value is -3.12. The first kappa shape index (κ1) is 17.5. The normalized spacial score (nSPS) is 20.9.